The number of rotatable bonds is 6. The van der Waals surface area contributed by atoms with Crippen LogP contribution in [-0.2, 0) is 21.5 Å². The van der Waals surface area contributed by atoms with E-state index in [1.54, 1.807) is 0 Å². The molecule has 1 amide bonds. The van der Waals surface area contributed by atoms with Crippen LogP contribution in [-0.4, -0.2) is 25.7 Å². The van der Waals surface area contributed by atoms with Crippen LogP contribution in [0.15, 0.2) is 54.6 Å². The third-order valence-corrected chi connectivity index (χ3v) is 4.82. The van der Waals surface area contributed by atoms with Gasteiger partial charge in [-0.25, -0.2) is 0 Å². The summed E-state index contributed by atoms with van der Waals surface area (Å²) in [5.74, 6) is 0.888. The number of carbonyl (C=O) groups is 1. The smallest absolute Gasteiger partial charge is 0.231 e. The zero-order valence-electron chi connectivity index (χ0n) is 14.7. The molecule has 0 atom stereocenters. The molecule has 0 radical (unpaired) electrons. The second-order valence-electron chi connectivity index (χ2n) is 6.28. The number of hydrogen-bond acceptors (Lipinski definition) is 3. The maximum Gasteiger partial charge on any atom is 0.231 e. The lowest BCUT2D eigenvalue weighted by Gasteiger charge is -2.36. The van der Waals surface area contributed by atoms with Gasteiger partial charge in [0.15, 0.2) is 0 Å². The minimum Gasteiger partial charge on any atom is -0.494 e. The molecule has 1 N–H and O–H groups in total. The molecule has 2 aromatic carbocycles. The molecule has 0 saturated carbocycles. The van der Waals surface area contributed by atoms with Crippen LogP contribution in [0, 0.1) is 0 Å². The molecule has 4 heteroatoms. The van der Waals surface area contributed by atoms with Crippen LogP contribution < -0.4 is 10.1 Å². The van der Waals surface area contributed by atoms with Gasteiger partial charge < -0.3 is 14.8 Å². The molecule has 0 aliphatic carbocycles. The van der Waals surface area contributed by atoms with Gasteiger partial charge in [-0.3, -0.25) is 4.79 Å². The Morgan fingerprint density at radius 2 is 1.76 bits per heavy atom. The maximum atomic E-state index is 13.2. The van der Waals surface area contributed by atoms with Crippen LogP contribution in [0.2, 0.25) is 0 Å². The maximum absolute atomic E-state index is 13.2. The van der Waals surface area contributed by atoms with Gasteiger partial charge in [-0.2, -0.15) is 0 Å². The quantitative estimate of drug-likeness (QED) is 0.877. The Labute approximate surface area is 149 Å². The lowest BCUT2D eigenvalue weighted by atomic mass is 9.73. The predicted molar refractivity (Wildman–Crippen MR) is 97.6 cm³/mol. The van der Waals surface area contributed by atoms with Gasteiger partial charge in [-0.05, 0) is 31.4 Å². The average molecular weight is 339 g/mol. The molecule has 1 aliphatic rings. The van der Waals surface area contributed by atoms with E-state index in [2.05, 4.69) is 5.32 Å². The van der Waals surface area contributed by atoms with Crippen LogP contribution in [0.3, 0.4) is 0 Å². The normalized spacial score (nSPS) is 16.2. The number of carbonyl (C=O) groups excluding carboxylic acids is 1. The lowest BCUT2D eigenvalue weighted by molar-refractivity contribution is -0.130. The van der Waals surface area contributed by atoms with Crippen molar-refractivity contribution >= 4 is 5.91 Å². The molecule has 0 aromatic heterocycles. The highest BCUT2D eigenvalue weighted by atomic mass is 16.5. The molecule has 0 unspecified atom stereocenters. The largest absolute Gasteiger partial charge is 0.494 e. The number of para-hydroxylation sites is 1. The molecule has 3 rings (SSSR count). The first-order valence-electron chi connectivity index (χ1n) is 8.88. The first-order valence-corrected chi connectivity index (χ1v) is 8.88. The topological polar surface area (TPSA) is 47.6 Å². The van der Waals surface area contributed by atoms with Gasteiger partial charge in [0.25, 0.3) is 0 Å². The van der Waals surface area contributed by atoms with Crippen molar-refractivity contribution in [1.82, 2.24) is 5.32 Å². The molecular weight excluding hydrogens is 314 g/mol. The molecule has 1 heterocycles. The third-order valence-electron chi connectivity index (χ3n) is 4.82. The minimum absolute atomic E-state index is 0.0632. The summed E-state index contributed by atoms with van der Waals surface area (Å²) in [6.45, 7) is 4.25. The Bertz CT molecular complexity index is 693. The summed E-state index contributed by atoms with van der Waals surface area (Å²) in [6.07, 6.45) is 1.41. The standard InChI is InChI=1S/C21H25NO3/c1-2-25-19-11-7-6-8-17(19)16-22-20(23)21(12-14-24-15-13-21)18-9-4-3-5-10-18/h3-11H,2,12-16H2,1H3,(H,22,23). The second kappa shape index (κ2) is 8.17. The van der Waals surface area contributed by atoms with Gasteiger partial charge in [0.05, 0.1) is 12.0 Å². The Morgan fingerprint density at radius 3 is 2.48 bits per heavy atom. The van der Waals surface area contributed by atoms with E-state index < -0.39 is 5.41 Å². The van der Waals surface area contributed by atoms with Crippen molar-refractivity contribution in [2.75, 3.05) is 19.8 Å². The number of benzene rings is 2. The van der Waals surface area contributed by atoms with Gasteiger partial charge in [0, 0.05) is 25.3 Å². The number of nitrogens with one attached hydrogen (secondary N) is 1. The summed E-state index contributed by atoms with van der Waals surface area (Å²) in [4.78, 5) is 13.2. The second-order valence-corrected chi connectivity index (χ2v) is 6.28. The summed E-state index contributed by atoms with van der Waals surface area (Å²) in [5, 5.41) is 3.13. The van der Waals surface area contributed by atoms with Crippen molar-refractivity contribution in [3.8, 4) is 5.75 Å². The zero-order valence-corrected chi connectivity index (χ0v) is 14.7. The summed E-state index contributed by atoms with van der Waals surface area (Å²) in [6, 6.07) is 17.9. The number of hydrogen-bond donors (Lipinski definition) is 1. The molecule has 132 valence electrons. The van der Waals surface area contributed by atoms with E-state index >= 15 is 0 Å². The van der Waals surface area contributed by atoms with Crippen LogP contribution in [0.4, 0.5) is 0 Å². The van der Waals surface area contributed by atoms with Gasteiger partial charge in [0.2, 0.25) is 5.91 Å². The molecule has 4 nitrogen and oxygen atoms in total. The molecule has 0 bridgehead atoms. The summed E-state index contributed by atoms with van der Waals surface area (Å²) < 4.78 is 11.2. The van der Waals surface area contributed by atoms with Crippen molar-refractivity contribution < 1.29 is 14.3 Å². The van der Waals surface area contributed by atoms with E-state index in [-0.39, 0.29) is 5.91 Å². The average Bonchev–Trinajstić information content (AvgIpc) is 2.68. The van der Waals surface area contributed by atoms with Gasteiger partial charge in [0.1, 0.15) is 5.75 Å². The molecule has 1 saturated heterocycles. The van der Waals surface area contributed by atoms with E-state index in [1.807, 2.05) is 61.5 Å². The van der Waals surface area contributed by atoms with Gasteiger partial charge in [-0.15, -0.1) is 0 Å². The van der Waals surface area contributed by atoms with Crippen LogP contribution >= 0.6 is 0 Å². The fraction of sp³-hybridized carbons (Fsp3) is 0.381. The van der Waals surface area contributed by atoms with Crippen LogP contribution in [0.1, 0.15) is 30.9 Å². The van der Waals surface area contributed by atoms with Crippen molar-refractivity contribution in [2.45, 2.75) is 31.7 Å². The molecule has 2 aromatic rings. The summed E-state index contributed by atoms with van der Waals surface area (Å²) in [7, 11) is 0. The first kappa shape index (κ1) is 17.5. The number of ether oxygens (including phenoxy) is 2. The predicted octanol–water partition coefficient (Wildman–Crippen LogP) is 3.45. The molecule has 0 spiro atoms. The monoisotopic (exact) mass is 339 g/mol. The van der Waals surface area contributed by atoms with E-state index in [9.17, 15) is 4.79 Å². The van der Waals surface area contributed by atoms with E-state index in [1.165, 1.54) is 0 Å². The van der Waals surface area contributed by atoms with Gasteiger partial charge in [-0.1, -0.05) is 48.5 Å². The zero-order chi connectivity index (χ0) is 17.5. The fourth-order valence-corrected chi connectivity index (χ4v) is 3.41. The molecule has 1 aliphatic heterocycles. The SMILES string of the molecule is CCOc1ccccc1CNC(=O)C1(c2ccccc2)CCOCC1. The van der Waals surface area contributed by atoms with Crippen molar-refractivity contribution in [2.24, 2.45) is 0 Å². The van der Waals surface area contributed by atoms with Crippen molar-refractivity contribution in [1.29, 1.82) is 0 Å². The van der Waals surface area contributed by atoms with E-state index in [0.29, 0.717) is 39.2 Å². The highest BCUT2D eigenvalue weighted by Crippen LogP contribution is 2.35. The summed E-state index contributed by atoms with van der Waals surface area (Å²) >= 11 is 0. The van der Waals surface area contributed by atoms with E-state index in [0.717, 1.165) is 16.9 Å². The van der Waals surface area contributed by atoms with Crippen LogP contribution in [0.25, 0.3) is 0 Å². The highest BCUT2D eigenvalue weighted by molar-refractivity contribution is 5.88. The molecule has 25 heavy (non-hydrogen) atoms. The molecular formula is C21H25NO3. The Kier molecular flexibility index (Phi) is 5.71. The third kappa shape index (κ3) is 3.85. The van der Waals surface area contributed by atoms with Crippen molar-refractivity contribution in [3.63, 3.8) is 0 Å². The van der Waals surface area contributed by atoms with Crippen molar-refractivity contribution in [3.05, 3.63) is 65.7 Å². The molecule has 1 fully saturated rings. The Balaban J connectivity index is 1.78. The Hall–Kier alpha value is -2.33. The lowest BCUT2D eigenvalue weighted by Crippen LogP contribution is -2.47. The Morgan fingerprint density at radius 1 is 1.08 bits per heavy atom. The highest BCUT2D eigenvalue weighted by Gasteiger charge is 2.41. The van der Waals surface area contributed by atoms with E-state index in [4.69, 9.17) is 9.47 Å². The van der Waals surface area contributed by atoms with Gasteiger partial charge >= 0.3 is 0 Å². The summed E-state index contributed by atoms with van der Waals surface area (Å²) in [5.41, 5.74) is 1.54. The minimum atomic E-state index is -0.514. The number of amides is 1. The van der Waals surface area contributed by atoms with Crippen LogP contribution in [0.5, 0.6) is 5.75 Å². The first-order chi connectivity index (χ1) is 12.3. The fourth-order valence-electron chi connectivity index (χ4n) is 3.41.